The first kappa shape index (κ1) is 14.6. The highest BCUT2D eigenvalue weighted by Crippen LogP contribution is 2.30. The maximum atomic E-state index is 12.2. The van der Waals surface area contributed by atoms with Crippen LogP contribution in [0.4, 0.5) is 0 Å². The van der Waals surface area contributed by atoms with Crippen LogP contribution in [0.5, 0.6) is 11.5 Å². The summed E-state index contributed by atoms with van der Waals surface area (Å²) in [6.45, 7) is 4.06. The van der Waals surface area contributed by atoms with Crippen LogP contribution in [0, 0.1) is 5.92 Å². The average molecular weight is 294 g/mol. The van der Waals surface area contributed by atoms with Gasteiger partial charge in [-0.3, -0.25) is 4.79 Å². The van der Waals surface area contributed by atoms with Crippen LogP contribution in [0.3, 0.4) is 0 Å². The Labute approximate surface area is 123 Å². The molecule has 20 heavy (non-hydrogen) atoms. The van der Waals surface area contributed by atoms with Gasteiger partial charge in [0.1, 0.15) is 6.61 Å². The summed E-state index contributed by atoms with van der Waals surface area (Å²) in [4.78, 5) is 12.5. The zero-order chi connectivity index (χ0) is 14.7. The highest BCUT2D eigenvalue weighted by molar-refractivity contribution is 7.80. The van der Waals surface area contributed by atoms with Crippen molar-refractivity contribution >= 4 is 23.1 Å². The number of hydrogen-bond acceptors (Lipinski definition) is 4. The molecule has 1 heterocycles. The van der Waals surface area contributed by atoms with Crippen LogP contribution < -0.4 is 20.5 Å². The molecule has 5 nitrogen and oxygen atoms in total. The van der Waals surface area contributed by atoms with E-state index in [9.17, 15) is 4.79 Å². The second-order valence-electron chi connectivity index (χ2n) is 5.00. The third-order valence-electron chi connectivity index (χ3n) is 3.07. The number of nitrogens with two attached hydrogens (primary N) is 1. The molecule has 0 spiro atoms. The van der Waals surface area contributed by atoms with E-state index in [0.29, 0.717) is 11.5 Å². The Morgan fingerprint density at radius 1 is 1.40 bits per heavy atom. The van der Waals surface area contributed by atoms with Gasteiger partial charge in [0.2, 0.25) is 6.10 Å². The lowest BCUT2D eigenvalue weighted by molar-refractivity contribution is -0.130. The van der Waals surface area contributed by atoms with Gasteiger partial charge in [-0.25, -0.2) is 0 Å². The van der Waals surface area contributed by atoms with Crippen LogP contribution in [-0.2, 0) is 4.79 Å². The van der Waals surface area contributed by atoms with Crippen LogP contribution >= 0.6 is 12.2 Å². The van der Waals surface area contributed by atoms with E-state index in [2.05, 4.69) is 5.32 Å². The van der Waals surface area contributed by atoms with Gasteiger partial charge in [0.05, 0.1) is 11.0 Å². The first-order valence-electron chi connectivity index (χ1n) is 6.47. The monoisotopic (exact) mass is 294 g/mol. The van der Waals surface area contributed by atoms with Gasteiger partial charge in [0.15, 0.2) is 11.5 Å². The van der Waals surface area contributed by atoms with Crippen molar-refractivity contribution < 1.29 is 14.3 Å². The number of para-hydroxylation sites is 2. The third kappa shape index (κ3) is 3.19. The maximum Gasteiger partial charge on any atom is 0.265 e. The van der Waals surface area contributed by atoms with Gasteiger partial charge in [-0.05, 0) is 18.1 Å². The second-order valence-corrected chi connectivity index (χ2v) is 5.47. The lowest BCUT2D eigenvalue weighted by Crippen LogP contribution is -2.53. The van der Waals surface area contributed by atoms with Crippen molar-refractivity contribution in [2.45, 2.75) is 26.0 Å². The molecule has 0 fully saturated rings. The first-order valence-corrected chi connectivity index (χ1v) is 6.88. The molecule has 2 atom stereocenters. The smallest absolute Gasteiger partial charge is 0.265 e. The molecule has 1 aromatic carbocycles. The molecule has 6 heteroatoms. The lowest BCUT2D eigenvalue weighted by Gasteiger charge is -2.28. The summed E-state index contributed by atoms with van der Waals surface area (Å²) in [7, 11) is 0. The molecular weight excluding hydrogens is 276 g/mol. The number of thiocarbonyl (C=S) groups is 1. The summed E-state index contributed by atoms with van der Waals surface area (Å²) in [5.41, 5.74) is 5.64. The molecule has 1 aromatic rings. The lowest BCUT2D eigenvalue weighted by atomic mass is 10.0. The van der Waals surface area contributed by atoms with Crippen molar-refractivity contribution in [2.75, 3.05) is 6.61 Å². The maximum absolute atomic E-state index is 12.2. The first-order chi connectivity index (χ1) is 9.49. The standard InChI is InChI=1S/C14H18N2O3S/c1-8(2)12(13(15)20)16-14(17)11-7-18-9-5-3-4-6-10(9)19-11/h3-6,8,11-12H,7H2,1-2H3,(H2,15,20)(H,16,17). The molecular formula is C14H18N2O3S. The minimum Gasteiger partial charge on any atom is -0.485 e. The molecule has 1 aliphatic heterocycles. The number of carbonyl (C=O) groups excluding carboxylic acids is 1. The van der Waals surface area contributed by atoms with Crippen molar-refractivity contribution in [3.05, 3.63) is 24.3 Å². The number of carbonyl (C=O) groups is 1. The van der Waals surface area contributed by atoms with Crippen molar-refractivity contribution in [3.63, 3.8) is 0 Å². The van der Waals surface area contributed by atoms with Crippen LogP contribution in [0.15, 0.2) is 24.3 Å². The summed E-state index contributed by atoms with van der Waals surface area (Å²) in [6.07, 6.45) is -0.694. The predicted molar refractivity (Wildman–Crippen MR) is 79.9 cm³/mol. The van der Waals surface area contributed by atoms with Gasteiger partial charge >= 0.3 is 0 Å². The average Bonchev–Trinajstić information content (AvgIpc) is 2.43. The molecule has 108 valence electrons. The number of amides is 1. The Hall–Kier alpha value is -1.82. The molecule has 1 amide bonds. The third-order valence-corrected chi connectivity index (χ3v) is 3.33. The van der Waals surface area contributed by atoms with Gasteiger partial charge < -0.3 is 20.5 Å². The highest BCUT2D eigenvalue weighted by Gasteiger charge is 2.30. The van der Waals surface area contributed by atoms with E-state index in [4.69, 9.17) is 27.4 Å². The molecule has 0 bridgehead atoms. The number of hydrogen-bond donors (Lipinski definition) is 2. The van der Waals surface area contributed by atoms with Gasteiger partial charge in [0, 0.05) is 0 Å². The van der Waals surface area contributed by atoms with Crippen molar-refractivity contribution in [2.24, 2.45) is 11.7 Å². The Kier molecular flexibility index (Phi) is 4.44. The minimum atomic E-state index is -0.694. The van der Waals surface area contributed by atoms with Gasteiger partial charge in [0.25, 0.3) is 5.91 Å². The molecule has 1 aliphatic rings. The fraction of sp³-hybridized carbons (Fsp3) is 0.429. The van der Waals surface area contributed by atoms with Crippen LogP contribution in [0.25, 0.3) is 0 Å². The molecule has 0 aromatic heterocycles. The summed E-state index contributed by atoms with van der Waals surface area (Å²) in [6, 6.07) is 6.90. The minimum absolute atomic E-state index is 0.119. The van der Waals surface area contributed by atoms with Crippen molar-refractivity contribution in [1.29, 1.82) is 0 Å². The molecule has 0 aliphatic carbocycles. The predicted octanol–water partition coefficient (Wildman–Crippen LogP) is 1.25. The van der Waals surface area contributed by atoms with Crippen molar-refractivity contribution in [1.82, 2.24) is 5.32 Å². The van der Waals surface area contributed by atoms with Gasteiger partial charge in [-0.2, -0.15) is 0 Å². The van der Waals surface area contributed by atoms with Crippen LogP contribution in [0.2, 0.25) is 0 Å². The SMILES string of the molecule is CC(C)C(NC(=O)C1COc2ccccc2O1)C(N)=S. The Bertz CT molecular complexity index is 519. The summed E-state index contributed by atoms with van der Waals surface area (Å²) in [5.74, 6) is 1.06. The Morgan fingerprint density at radius 3 is 2.65 bits per heavy atom. The van der Waals surface area contributed by atoms with Crippen LogP contribution in [-0.4, -0.2) is 29.6 Å². The molecule has 0 saturated carbocycles. The zero-order valence-corrected chi connectivity index (χ0v) is 12.3. The normalized spacial score (nSPS) is 18.4. The number of ether oxygens (including phenoxy) is 2. The van der Waals surface area contributed by atoms with Gasteiger partial charge in [-0.15, -0.1) is 0 Å². The summed E-state index contributed by atoms with van der Waals surface area (Å²) >= 11 is 4.97. The molecule has 0 saturated heterocycles. The van der Waals surface area contributed by atoms with E-state index in [0.717, 1.165) is 0 Å². The van der Waals surface area contributed by atoms with E-state index in [1.54, 1.807) is 12.1 Å². The van der Waals surface area contributed by atoms with E-state index >= 15 is 0 Å². The highest BCUT2D eigenvalue weighted by atomic mass is 32.1. The van der Waals surface area contributed by atoms with E-state index in [1.165, 1.54) is 0 Å². The van der Waals surface area contributed by atoms with E-state index in [-0.39, 0.29) is 29.5 Å². The number of benzene rings is 1. The molecule has 3 N–H and O–H groups in total. The molecule has 0 radical (unpaired) electrons. The van der Waals surface area contributed by atoms with Crippen molar-refractivity contribution in [3.8, 4) is 11.5 Å². The molecule has 2 unspecified atom stereocenters. The summed E-state index contributed by atoms with van der Waals surface area (Å²) in [5, 5.41) is 2.81. The number of fused-ring (bicyclic) bond motifs is 1. The molecule has 2 rings (SSSR count). The van der Waals surface area contributed by atoms with E-state index in [1.807, 2.05) is 26.0 Å². The second kappa shape index (κ2) is 6.09. The zero-order valence-electron chi connectivity index (χ0n) is 11.5. The fourth-order valence-corrected chi connectivity index (χ4v) is 2.29. The topological polar surface area (TPSA) is 73.6 Å². The Morgan fingerprint density at radius 2 is 2.05 bits per heavy atom. The van der Waals surface area contributed by atoms with E-state index < -0.39 is 6.10 Å². The number of rotatable bonds is 4. The Balaban J connectivity index is 2.03. The largest absolute Gasteiger partial charge is 0.485 e. The fourth-order valence-electron chi connectivity index (χ4n) is 1.96. The quantitative estimate of drug-likeness (QED) is 0.818. The van der Waals surface area contributed by atoms with Gasteiger partial charge in [-0.1, -0.05) is 38.2 Å². The summed E-state index contributed by atoms with van der Waals surface area (Å²) < 4.78 is 11.1. The van der Waals surface area contributed by atoms with Crippen LogP contribution in [0.1, 0.15) is 13.8 Å². The number of nitrogens with one attached hydrogen (secondary N) is 1.